The van der Waals surface area contributed by atoms with Crippen LogP contribution in [0, 0.1) is 0 Å². The SMILES string of the molecule is O=C(Nc1ccc(N=S2(=O)CCCC2)cc1)c1ccc(Cl)o1. The first-order chi connectivity index (χ1) is 10.5. The molecule has 22 heavy (non-hydrogen) atoms. The van der Waals surface area contributed by atoms with Crippen LogP contribution in [0.1, 0.15) is 23.4 Å². The normalized spacial score (nSPS) is 16.4. The molecule has 0 saturated carbocycles. The highest BCUT2D eigenvalue weighted by atomic mass is 35.5. The quantitative estimate of drug-likeness (QED) is 0.916. The van der Waals surface area contributed by atoms with Crippen LogP contribution in [0.2, 0.25) is 5.22 Å². The number of hydrogen-bond acceptors (Lipinski definition) is 4. The van der Waals surface area contributed by atoms with E-state index in [4.69, 9.17) is 16.0 Å². The van der Waals surface area contributed by atoms with Crippen molar-refractivity contribution in [2.24, 2.45) is 4.36 Å². The molecule has 2 heterocycles. The lowest BCUT2D eigenvalue weighted by Crippen LogP contribution is -2.10. The Bertz CT molecular complexity index is 792. The third kappa shape index (κ3) is 3.51. The highest BCUT2D eigenvalue weighted by Gasteiger charge is 2.16. The fraction of sp³-hybridized carbons (Fsp3) is 0.267. The zero-order chi connectivity index (χ0) is 15.6. The maximum Gasteiger partial charge on any atom is 0.291 e. The smallest absolute Gasteiger partial charge is 0.291 e. The van der Waals surface area contributed by atoms with E-state index in [2.05, 4.69) is 9.68 Å². The van der Waals surface area contributed by atoms with Gasteiger partial charge >= 0.3 is 0 Å². The standard InChI is InChI=1S/C15H15ClN2O3S/c16-14-8-7-13(21-14)15(19)17-11-3-5-12(6-4-11)18-22(20)9-1-2-10-22/h3-8H,1-2,9-10H2,(H,17,19). The van der Waals surface area contributed by atoms with E-state index >= 15 is 0 Å². The molecule has 5 nitrogen and oxygen atoms in total. The van der Waals surface area contributed by atoms with Crippen molar-refractivity contribution < 1.29 is 13.4 Å². The topological polar surface area (TPSA) is 71.7 Å². The highest BCUT2D eigenvalue weighted by Crippen LogP contribution is 2.23. The fourth-order valence-corrected chi connectivity index (χ4v) is 4.62. The molecule has 1 aliphatic rings. The van der Waals surface area contributed by atoms with E-state index < -0.39 is 9.73 Å². The number of benzene rings is 1. The van der Waals surface area contributed by atoms with Crippen molar-refractivity contribution >= 4 is 38.6 Å². The van der Waals surface area contributed by atoms with E-state index in [1.165, 1.54) is 12.1 Å². The number of nitrogens with one attached hydrogen (secondary N) is 1. The third-order valence-electron chi connectivity index (χ3n) is 3.37. The second kappa shape index (κ2) is 6.14. The summed E-state index contributed by atoms with van der Waals surface area (Å²) in [6, 6.07) is 9.95. The monoisotopic (exact) mass is 338 g/mol. The predicted octanol–water partition coefficient (Wildman–Crippen LogP) is 4.08. The molecule has 1 aromatic carbocycles. The van der Waals surface area contributed by atoms with Gasteiger partial charge in [-0.05, 0) is 60.8 Å². The Morgan fingerprint density at radius 1 is 1.14 bits per heavy atom. The summed E-state index contributed by atoms with van der Waals surface area (Å²) in [6.45, 7) is 0. The summed E-state index contributed by atoms with van der Waals surface area (Å²) in [5.74, 6) is 1.11. The van der Waals surface area contributed by atoms with Crippen LogP contribution in [0.25, 0.3) is 0 Å². The molecule has 0 bridgehead atoms. The van der Waals surface area contributed by atoms with Crippen molar-refractivity contribution in [3.8, 4) is 0 Å². The molecule has 1 fully saturated rings. The number of carbonyl (C=O) groups excluding carboxylic acids is 1. The summed E-state index contributed by atoms with van der Waals surface area (Å²) in [5.41, 5.74) is 1.28. The van der Waals surface area contributed by atoms with Gasteiger partial charge in [-0.25, -0.2) is 4.21 Å². The Labute approximate surface area is 133 Å². The minimum atomic E-state index is -2.07. The van der Waals surface area contributed by atoms with Crippen LogP contribution in [0.15, 0.2) is 45.2 Å². The first-order valence-electron chi connectivity index (χ1n) is 6.93. The van der Waals surface area contributed by atoms with Crippen molar-refractivity contribution in [1.82, 2.24) is 0 Å². The number of anilines is 1. The Morgan fingerprint density at radius 3 is 2.41 bits per heavy atom. The molecule has 116 valence electrons. The summed E-state index contributed by atoms with van der Waals surface area (Å²) in [6.07, 6.45) is 1.95. The van der Waals surface area contributed by atoms with Crippen molar-refractivity contribution in [1.29, 1.82) is 0 Å². The van der Waals surface area contributed by atoms with Crippen LogP contribution in [0.3, 0.4) is 0 Å². The van der Waals surface area contributed by atoms with Crippen molar-refractivity contribution in [2.75, 3.05) is 16.8 Å². The molecule has 1 N–H and O–H groups in total. The van der Waals surface area contributed by atoms with Gasteiger partial charge in [0.25, 0.3) is 5.91 Å². The molecular weight excluding hydrogens is 324 g/mol. The average Bonchev–Trinajstić information content (AvgIpc) is 3.10. The molecule has 7 heteroatoms. The Hall–Kier alpha value is -1.79. The Balaban J connectivity index is 1.72. The summed E-state index contributed by atoms with van der Waals surface area (Å²) in [5, 5.41) is 2.86. The van der Waals surface area contributed by atoms with Gasteiger partial charge in [-0.3, -0.25) is 4.79 Å². The number of nitrogens with zero attached hydrogens (tertiary/aromatic N) is 1. The van der Waals surface area contributed by atoms with Gasteiger partial charge in [-0.1, -0.05) is 0 Å². The first-order valence-corrected chi connectivity index (χ1v) is 9.16. The lowest BCUT2D eigenvalue weighted by molar-refractivity contribution is 0.0997. The zero-order valence-electron chi connectivity index (χ0n) is 11.8. The van der Waals surface area contributed by atoms with E-state index in [0.717, 1.165) is 12.8 Å². The van der Waals surface area contributed by atoms with E-state index in [9.17, 15) is 9.00 Å². The molecule has 0 radical (unpaired) electrons. The van der Waals surface area contributed by atoms with Crippen LogP contribution in [0.4, 0.5) is 11.4 Å². The van der Waals surface area contributed by atoms with Gasteiger partial charge in [-0.15, -0.1) is 0 Å². The minimum Gasteiger partial charge on any atom is -0.440 e. The van der Waals surface area contributed by atoms with Gasteiger partial charge in [-0.2, -0.15) is 4.36 Å². The summed E-state index contributed by atoms with van der Waals surface area (Å²) >= 11 is 5.64. The molecule has 0 atom stereocenters. The van der Waals surface area contributed by atoms with Crippen molar-refractivity contribution in [2.45, 2.75) is 12.8 Å². The first kappa shape index (κ1) is 15.1. The molecular formula is C15H15ClN2O3S. The number of halogens is 1. The number of amides is 1. The van der Waals surface area contributed by atoms with E-state index in [1.807, 2.05) is 0 Å². The zero-order valence-corrected chi connectivity index (χ0v) is 13.3. The predicted molar refractivity (Wildman–Crippen MR) is 87.3 cm³/mol. The number of furan rings is 1. The van der Waals surface area contributed by atoms with Gasteiger partial charge in [0.15, 0.2) is 11.0 Å². The average molecular weight is 339 g/mol. The molecule has 1 aliphatic heterocycles. The third-order valence-corrected chi connectivity index (χ3v) is 5.97. The van der Waals surface area contributed by atoms with E-state index in [0.29, 0.717) is 22.9 Å². The van der Waals surface area contributed by atoms with Gasteiger partial charge in [0, 0.05) is 17.2 Å². The second-order valence-electron chi connectivity index (χ2n) is 5.08. The van der Waals surface area contributed by atoms with Crippen molar-refractivity contribution in [3.05, 3.63) is 47.4 Å². The largest absolute Gasteiger partial charge is 0.440 e. The number of rotatable bonds is 3. The maximum atomic E-state index is 12.3. The molecule has 0 aliphatic carbocycles. The van der Waals surface area contributed by atoms with Gasteiger partial charge in [0.1, 0.15) is 0 Å². The summed E-state index contributed by atoms with van der Waals surface area (Å²) in [7, 11) is -2.07. The number of hydrogen-bond donors (Lipinski definition) is 1. The lowest BCUT2D eigenvalue weighted by Gasteiger charge is -2.04. The molecule has 0 spiro atoms. The Kier molecular flexibility index (Phi) is 4.22. The van der Waals surface area contributed by atoms with Gasteiger partial charge in [0.2, 0.25) is 0 Å². The lowest BCUT2D eigenvalue weighted by atomic mass is 10.3. The van der Waals surface area contributed by atoms with Crippen LogP contribution in [-0.2, 0) is 9.73 Å². The highest BCUT2D eigenvalue weighted by molar-refractivity contribution is 7.93. The van der Waals surface area contributed by atoms with Crippen molar-refractivity contribution in [3.63, 3.8) is 0 Å². The van der Waals surface area contributed by atoms with Crippen LogP contribution < -0.4 is 5.32 Å². The fourth-order valence-electron chi connectivity index (χ4n) is 2.28. The van der Waals surface area contributed by atoms with E-state index in [-0.39, 0.29) is 16.9 Å². The molecule has 3 rings (SSSR count). The van der Waals surface area contributed by atoms with E-state index in [1.54, 1.807) is 24.3 Å². The summed E-state index contributed by atoms with van der Waals surface area (Å²) < 4.78 is 21.7. The minimum absolute atomic E-state index is 0.146. The molecule has 0 unspecified atom stereocenters. The Morgan fingerprint density at radius 2 is 1.82 bits per heavy atom. The van der Waals surface area contributed by atoms with Gasteiger partial charge < -0.3 is 9.73 Å². The van der Waals surface area contributed by atoms with Crippen LogP contribution in [0.5, 0.6) is 0 Å². The number of carbonyl (C=O) groups is 1. The molecule has 1 amide bonds. The summed E-state index contributed by atoms with van der Waals surface area (Å²) in [4.78, 5) is 11.9. The van der Waals surface area contributed by atoms with Gasteiger partial charge in [0.05, 0.1) is 15.4 Å². The molecule has 2 aromatic rings. The molecule has 1 saturated heterocycles. The van der Waals surface area contributed by atoms with Crippen LogP contribution in [-0.4, -0.2) is 21.6 Å². The maximum absolute atomic E-state index is 12.3. The second-order valence-corrected chi connectivity index (χ2v) is 8.00. The molecule has 1 aromatic heterocycles. The van der Waals surface area contributed by atoms with Crippen LogP contribution >= 0.6 is 11.6 Å².